The van der Waals surface area contributed by atoms with Gasteiger partial charge in [-0.3, -0.25) is 4.79 Å². The number of para-hydroxylation sites is 1. The summed E-state index contributed by atoms with van der Waals surface area (Å²) < 4.78 is 5.32. The normalized spacial score (nSPS) is 10.6. The van der Waals surface area contributed by atoms with Gasteiger partial charge in [0.2, 0.25) is 0 Å². The summed E-state index contributed by atoms with van der Waals surface area (Å²) in [6.45, 7) is 1.97. The summed E-state index contributed by atoms with van der Waals surface area (Å²) in [7, 11) is 1.59. The van der Waals surface area contributed by atoms with Gasteiger partial charge in [-0.05, 0) is 35.4 Å². The summed E-state index contributed by atoms with van der Waals surface area (Å²) in [6, 6.07) is 19.3. The lowest BCUT2D eigenvalue weighted by molar-refractivity contribution is 0.103. The van der Waals surface area contributed by atoms with Crippen LogP contribution in [0.5, 0.6) is 5.75 Å². The number of hydrogen-bond donors (Lipinski definition) is 0. The average molecular weight is 276 g/mol. The van der Waals surface area contributed by atoms with Gasteiger partial charge in [0.25, 0.3) is 0 Å². The van der Waals surface area contributed by atoms with Crippen molar-refractivity contribution in [3.63, 3.8) is 0 Å². The molecule has 0 unspecified atom stereocenters. The highest BCUT2D eigenvalue weighted by atomic mass is 16.5. The van der Waals surface area contributed by atoms with Crippen molar-refractivity contribution in [1.29, 1.82) is 0 Å². The fourth-order valence-electron chi connectivity index (χ4n) is 2.65. The van der Waals surface area contributed by atoms with Gasteiger partial charge in [-0.2, -0.15) is 0 Å². The molecule has 0 aliphatic carbocycles. The first-order valence-electron chi connectivity index (χ1n) is 6.88. The second-order valence-corrected chi connectivity index (χ2v) is 5.01. The van der Waals surface area contributed by atoms with Gasteiger partial charge in [0.15, 0.2) is 5.78 Å². The number of fused-ring (bicyclic) bond motifs is 1. The zero-order valence-corrected chi connectivity index (χ0v) is 12.1. The van der Waals surface area contributed by atoms with Crippen LogP contribution in [-0.4, -0.2) is 12.9 Å². The van der Waals surface area contributed by atoms with E-state index in [0.29, 0.717) is 11.3 Å². The van der Waals surface area contributed by atoms with E-state index in [0.717, 1.165) is 21.9 Å². The minimum absolute atomic E-state index is 0.00162. The number of rotatable bonds is 3. The molecule has 2 nitrogen and oxygen atoms in total. The molecule has 0 atom stereocenters. The minimum Gasteiger partial charge on any atom is -0.496 e. The summed E-state index contributed by atoms with van der Waals surface area (Å²) in [5, 5.41) is 2.05. The number of carbonyl (C=O) groups excluding carboxylic acids is 1. The number of methoxy groups -OCH3 is 1. The highest BCUT2D eigenvalue weighted by molar-refractivity contribution is 6.18. The van der Waals surface area contributed by atoms with Gasteiger partial charge in [0, 0.05) is 5.56 Å². The van der Waals surface area contributed by atoms with Crippen LogP contribution in [0.25, 0.3) is 10.8 Å². The van der Waals surface area contributed by atoms with Gasteiger partial charge in [0.05, 0.1) is 12.7 Å². The summed E-state index contributed by atoms with van der Waals surface area (Å²) in [5.74, 6) is 0.608. The molecule has 104 valence electrons. The molecule has 0 heterocycles. The van der Waals surface area contributed by atoms with Crippen LogP contribution >= 0.6 is 0 Å². The molecule has 0 saturated heterocycles. The van der Waals surface area contributed by atoms with Gasteiger partial charge in [-0.1, -0.05) is 48.5 Å². The highest BCUT2D eigenvalue weighted by Crippen LogP contribution is 2.28. The Morgan fingerprint density at radius 1 is 0.905 bits per heavy atom. The molecule has 0 saturated carbocycles. The Morgan fingerprint density at radius 3 is 2.43 bits per heavy atom. The molecule has 0 aliphatic heterocycles. The standard InChI is InChI=1S/C19H16O2/c1-13-11-12-14-7-3-4-8-15(14)18(13)19(20)16-9-5-6-10-17(16)21-2/h3-12H,1-2H3. The first-order chi connectivity index (χ1) is 10.2. The predicted octanol–water partition coefficient (Wildman–Crippen LogP) is 4.39. The van der Waals surface area contributed by atoms with Crippen LogP contribution in [0.1, 0.15) is 21.5 Å². The van der Waals surface area contributed by atoms with Crippen LogP contribution in [-0.2, 0) is 0 Å². The maximum atomic E-state index is 13.0. The third-order valence-electron chi connectivity index (χ3n) is 3.72. The van der Waals surface area contributed by atoms with Crippen LogP contribution < -0.4 is 4.74 Å². The molecule has 0 fully saturated rings. The summed E-state index contributed by atoms with van der Waals surface area (Å²) in [5.41, 5.74) is 2.32. The molecule has 0 N–H and O–H groups in total. The third-order valence-corrected chi connectivity index (χ3v) is 3.72. The van der Waals surface area contributed by atoms with Crippen molar-refractivity contribution in [3.8, 4) is 5.75 Å². The Hall–Kier alpha value is -2.61. The number of hydrogen-bond acceptors (Lipinski definition) is 2. The van der Waals surface area contributed by atoms with E-state index >= 15 is 0 Å². The lowest BCUT2D eigenvalue weighted by Gasteiger charge is -2.12. The van der Waals surface area contributed by atoms with Crippen molar-refractivity contribution in [3.05, 3.63) is 77.4 Å². The van der Waals surface area contributed by atoms with Crippen molar-refractivity contribution in [2.75, 3.05) is 7.11 Å². The van der Waals surface area contributed by atoms with Crippen molar-refractivity contribution in [2.45, 2.75) is 6.92 Å². The van der Waals surface area contributed by atoms with Gasteiger partial charge in [-0.15, -0.1) is 0 Å². The molecule has 3 rings (SSSR count). The van der Waals surface area contributed by atoms with Crippen molar-refractivity contribution in [1.82, 2.24) is 0 Å². The van der Waals surface area contributed by atoms with E-state index in [1.54, 1.807) is 7.11 Å². The Bertz CT molecular complexity index is 819. The Labute approximate surface area is 124 Å². The number of ether oxygens (including phenoxy) is 1. The Morgan fingerprint density at radius 2 is 1.62 bits per heavy atom. The lowest BCUT2D eigenvalue weighted by atomic mass is 9.93. The van der Waals surface area contributed by atoms with Crippen LogP contribution in [0, 0.1) is 6.92 Å². The molecule has 0 amide bonds. The fourth-order valence-corrected chi connectivity index (χ4v) is 2.65. The van der Waals surface area contributed by atoms with E-state index in [-0.39, 0.29) is 5.78 Å². The number of benzene rings is 3. The predicted molar refractivity (Wildman–Crippen MR) is 85.1 cm³/mol. The third kappa shape index (κ3) is 2.29. The molecule has 0 aliphatic rings. The molecule has 3 aromatic rings. The largest absolute Gasteiger partial charge is 0.496 e. The van der Waals surface area contributed by atoms with E-state index in [4.69, 9.17) is 4.74 Å². The van der Waals surface area contributed by atoms with E-state index in [1.807, 2.05) is 67.6 Å². The second-order valence-electron chi connectivity index (χ2n) is 5.01. The SMILES string of the molecule is COc1ccccc1C(=O)c1c(C)ccc2ccccc12. The smallest absolute Gasteiger partial charge is 0.197 e. The number of carbonyl (C=O) groups is 1. The Balaban J connectivity index is 2.25. The van der Waals surface area contributed by atoms with Gasteiger partial charge >= 0.3 is 0 Å². The quantitative estimate of drug-likeness (QED) is 0.663. The van der Waals surface area contributed by atoms with Gasteiger partial charge < -0.3 is 4.74 Å². The van der Waals surface area contributed by atoms with Crippen molar-refractivity contribution in [2.24, 2.45) is 0 Å². The zero-order chi connectivity index (χ0) is 14.8. The molecule has 21 heavy (non-hydrogen) atoms. The van der Waals surface area contributed by atoms with Gasteiger partial charge in [-0.25, -0.2) is 0 Å². The molecule has 0 spiro atoms. The average Bonchev–Trinajstić information content (AvgIpc) is 2.54. The number of aryl methyl sites for hydroxylation is 1. The second kappa shape index (κ2) is 5.41. The van der Waals surface area contributed by atoms with E-state index in [9.17, 15) is 4.79 Å². The van der Waals surface area contributed by atoms with Crippen LogP contribution in [0.15, 0.2) is 60.7 Å². The summed E-state index contributed by atoms with van der Waals surface area (Å²) in [6.07, 6.45) is 0. The fraction of sp³-hybridized carbons (Fsp3) is 0.105. The van der Waals surface area contributed by atoms with E-state index in [2.05, 4.69) is 0 Å². The molecular formula is C19H16O2. The molecule has 0 radical (unpaired) electrons. The minimum atomic E-state index is 0.00162. The van der Waals surface area contributed by atoms with Crippen LogP contribution in [0.3, 0.4) is 0 Å². The first kappa shape index (κ1) is 13.4. The summed E-state index contributed by atoms with van der Waals surface area (Å²) in [4.78, 5) is 13.0. The highest BCUT2D eigenvalue weighted by Gasteiger charge is 2.18. The van der Waals surface area contributed by atoms with Crippen LogP contribution in [0.2, 0.25) is 0 Å². The van der Waals surface area contributed by atoms with Crippen molar-refractivity contribution < 1.29 is 9.53 Å². The molecule has 0 bridgehead atoms. The van der Waals surface area contributed by atoms with E-state index < -0.39 is 0 Å². The zero-order valence-electron chi connectivity index (χ0n) is 12.1. The molecule has 3 aromatic carbocycles. The lowest BCUT2D eigenvalue weighted by Crippen LogP contribution is -2.06. The molecule has 2 heteroatoms. The monoisotopic (exact) mass is 276 g/mol. The van der Waals surface area contributed by atoms with Crippen LogP contribution in [0.4, 0.5) is 0 Å². The van der Waals surface area contributed by atoms with Crippen molar-refractivity contribution >= 4 is 16.6 Å². The maximum Gasteiger partial charge on any atom is 0.197 e. The molecule has 0 aromatic heterocycles. The maximum absolute atomic E-state index is 13.0. The topological polar surface area (TPSA) is 26.3 Å². The van der Waals surface area contributed by atoms with Gasteiger partial charge in [0.1, 0.15) is 5.75 Å². The number of ketones is 1. The first-order valence-corrected chi connectivity index (χ1v) is 6.88. The molecular weight excluding hydrogens is 260 g/mol. The summed E-state index contributed by atoms with van der Waals surface area (Å²) >= 11 is 0. The van der Waals surface area contributed by atoms with E-state index in [1.165, 1.54) is 0 Å². The Kier molecular flexibility index (Phi) is 3.44.